The third kappa shape index (κ3) is 2.89. The minimum atomic E-state index is -1.00. The van der Waals surface area contributed by atoms with Gasteiger partial charge in [-0.15, -0.1) is 0 Å². The molecular formula is C15H14F2N2O4. The number of rotatable bonds is 3. The van der Waals surface area contributed by atoms with Gasteiger partial charge in [0.2, 0.25) is 5.76 Å². The molecule has 0 radical (unpaired) electrons. The quantitative estimate of drug-likeness (QED) is 0.933. The van der Waals surface area contributed by atoms with Crippen molar-refractivity contribution in [2.75, 3.05) is 13.7 Å². The summed E-state index contributed by atoms with van der Waals surface area (Å²) in [6.45, 7) is 0.0610. The highest BCUT2D eigenvalue weighted by molar-refractivity contribution is 5.92. The molecule has 1 saturated heterocycles. The van der Waals surface area contributed by atoms with Crippen LogP contribution in [0.25, 0.3) is 0 Å². The molecule has 1 aliphatic heterocycles. The molecule has 1 N–H and O–H groups in total. The summed E-state index contributed by atoms with van der Waals surface area (Å²) in [7, 11) is 1.38. The molecule has 23 heavy (non-hydrogen) atoms. The maximum Gasteiger partial charge on any atom is 0.293 e. The molecule has 2 atom stereocenters. The number of halogens is 2. The van der Waals surface area contributed by atoms with Crippen molar-refractivity contribution in [1.29, 1.82) is 0 Å². The number of aromatic nitrogens is 1. The van der Waals surface area contributed by atoms with Gasteiger partial charge in [0.15, 0.2) is 11.6 Å². The van der Waals surface area contributed by atoms with Crippen LogP contribution in [0.1, 0.15) is 28.6 Å². The van der Waals surface area contributed by atoms with Crippen molar-refractivity contribution in [3.63, 3.8) is 0 Å². The van der Waals surface area contributed by atoms with Crippen LogP contribution >= 0.6 is 0 Å². The van der Waals surface area contributed by atoms with Gasteiger partial charge in [-0.1, -0.05) is 6.07 Å². The number of likely N-dealkylation sites (tertiary alicyclic amines) is 1. The lowest BCUT2D eigenvalue weighted by atomic mass is 10.0. The van der Waals surface area contributed by atoms with Crippen LogP contribution < -0.4 is 4.74 Å². The lowest BCUT2D eigenvalue weighted by molar-refractivity contribution is 0.0673. The van der Waals surface area contributed by atoms with E-state index in [-0.39, 0.29) is 24.6 Å². The van der Waals surface area contributed by atoms with Gasteiger partial charge in [-0.05, 0) is 29.3 Å². The second-order valence-electron chi connectivity index (χ2n) is 5.27. The van der Waals surface area contributed by atoms with Crippen molar-refractivity contribution in [3.05, 3.63) is 47.2 Å². The van der Waals surface area contributed by atoms with E-state index in [0.29, 0.717) is 5.56 Å². The van der Waals surface area contributed by atoms with Crippen molar-refractivity contribution < 1.29 is 27.9 Å². The summed E-state index contributed by atoms with van der Waals surface area (Å²) < 4.78 is 36.3. The molecular weight excluding hydrogens is 310 g/mol. The zero-order valence-electron chi connectivity index (χ0n) is 12.2. The molecule has 122 valence electrons. The number of amides is 1. The van der Waals surface area contributed by atoms with Gasteiger partial charge in [-0.25, -0.2) is 8.78 Å². The Kier molecular flexibility index (Phi) is 3.99. The van der Waals surface area contributed by atoms with Gasteiger partial charge in [0.1, 0.15) is 0 Å². The number of hydrogen-bond donors (Lipinski definition) is 1. The topological polar surface area (TPSA) is 75.8 Å². The van der Waals surface area contributed by atoms with Gasteiger partial charge >= 0.3 is 0 Å². The summed E-state index contributed by atoms with van der Waals surface area (Å²) in [4.78, 5) is 13.9. The fraction of sp³-hybridized carbons (Fsp3) is 0.333. The first-order valence-corrected chi connectivity index (χ1v) is 6.94. The number of carbonyl (C=O) groups is 1. The highest BCUT2D eigenvalue weighted by atomic mass is 19.2. The summed E-state index contributed by atoms with van der Waals surface area (Å²) >= 11 is 0. The summed E-state index contributed by atoms with van der Waals surface area (Å²) in [6, 6.07) is 4.16. The van der Waals surface area contributed by atoms with Crippen LogP contribution in [-0.2, 0) is 0 Å². The van der Waals surface area contributed by atoms with Crippen LogP contribution in [-0.4, -0.2) is 40.8 Å². The molecule has 1 aliphatic rings. The summed E-state index contributed by atoms with van der Waals surface area (Å²) in [5.41, 5.74) is 0.403. The Morgan fingerprint density at radius 2 is 2.17 bits per heavy atom. The number of aliphatic hydroxyl groups excluding tert-OH is 1. The molecule has 1 fully saturated rings. The highest BCUT2D eigenvalue weighted by Gasteiger charge is 2.37. The number of ether oxygens (including phenoxy) is 1. The standard InChI is InChI=1S/C15H14F2N2O4/c1-22-14-6-13(23-18-14)15(21)19-7-9(20)5-12(19)8-2-3-10(16)11(17)4-8/h2-4,6,9,12,20H,5,7H2,1H3/t9-,12+/m1/s1. The predicted octanol–water partition coefficient (Wildman–Crippen LogP) is 1.91. The molecule has 0 saturated carbocycles. The second-order valence-corrected chi connectivity index (χ2v) is 5.27. The van der Waals surface area contributed by atoms with Crippen LogP contribution in [0.2, 0.25) is 0 Å². The number of benzene rings is 1. The van der Waals surface area contributed by atoms with E-state index in [0.717, 1.165) is 12.1 Å². The van der Waals surface area contributed by atoms with Gasteiger partial charge in [0, 0.05) is 6.54 Å². The zero-order chi connectivity index (χ0) is 16.6. The molecule has 0 bridgehead atoms. The molecule has 2 heterocycles. The summed E-state index contributed by atoms with van der Waals surface area (Å²) in [5, 5.41) is 13.4. The second kappa shape index (κ2) is 5.96. The van der Waals surface area contributed by atoms with Gasteiger partial charge in [0.05, 0.1) is 25.3 Å². The molecule has 1 amide bonds. The van der Waals surface area contributed by atoms with Gasteiger partial charge in [-0.3, -0.25) is 4.79 Å². The monoisotopic (exact) mass is 324 g/mol. The fourth-order valence-corrected chi connectivity index (χ4v) is 2.67. The van der Waals surface area contributed by atoms with E-state index >= 15 is 0 Å². The SMILES string of the molecule is COc1cc(C(=O)N2C[C@H](O)C[C@H]2c2ccc(F)c(F)c2)on1. The molecule has 0 spiro atoms. The Labute approximate surface area is 130 Å². The molecule has 3 rings (SSSR count). The Morgan fingerprint density at radius 1 is 1.39 bits per heavy atom. The Bertz CT molecular complexity index is 734. The molecule has 8 heteroatoms. The zero-order valence-corrected chi connectivity index (χ0v) is 12.2. The molecule has 0 unspecified atom stereocenters. The molecule has 6 nitrogen and oxygen atoms in total. The minimum absolute atomic E-state index is 0.0523. The Balaban J connectivity index is 1.89. The summed E-state index contributed by atoms with van der Waals surface area (Å²) in [5.74, 6) is -2.38. The van der Waals surface area contributed by atoms with Crippen molar-refractivity contribution in [2.24, 2.45) is 0 Å². The van der Waals surface area contributed by atoms with E-state index in [1.807, 2.05) is 0 Å². The average Bonchev–Trinajstić information content (AvgIpc) is 3.16. The van der Waals surface area contributed by atoms with Crippen molar-refractivity contribution in [2.45, 2.75) is 18.6 Å². The third-order valence-electron chi connectivity index (χ3n) is 3.78. The first-order valence-electron chi connectivity index (χ1n) is 6.94. The molecule has 1 aromatic carbocycles. The predicted molar refractivity (Wildman–Crippen MR) is 73.8 cm³/mol. The largest absolute Gasteiger partial charge is 0.479 e. The van der Waals surface area contributed by atoms with E-state index < -0.39 is 29.7 Å². The van der Waals surface area contributed by atoms with E-state index in [2.05, 4.69) is 5.16 Å². The number of carbonyl (C=O) groups excluding carboxylic acids is 1. The number of nitrogens with zero attached hydrogens (tertiary/aromatic N) is 2. The Hall–Kier alpha value is -2.48. The van der Waals surface area contributed by atoms with Crippen LogP contribution in [0, 0.1) is 11.6 Å². The molecule has 1 aromatic heterocycles. The lowest BCUT2D eigenvalue weighted by Crippen LogP contribution is -2.31. The maximum absolute atomic E-state index is 13.4. The van der Waals surface area contributed by atoms with Crippen LogP contribution in [0.3, 0.4) is 0 Å². The first-order chi connectivity index (χ1) is 11.0. The fourth-order valence-electron chi connectivity index (χ4n) is 2.67. The van der Waals surface area contributed by atoms with E-state index in [9.17, 15) is 18.7 Å². The number of aliphatic hydroxyl groups is 1. The number of methoxy groups -OCH3 is 1. The van der Waals surface area contributed by atoms with E-state index in [4.69, 9.17) is 9.26 Å². The van der Waals surface area contributed by atoms with Crippen LogP contribution in [0.15, 0.2) is 28.8 Å². The maximum atomic E-state index is 13.4. The van der Waals surface area contributed by atoms with Gasteiger partial charge < -0.3 is 19.3 Å². The lowest BCUT2D eigenvalue weighted by Gasteiger charge is -2.23. The normalized spacial score (nSPS) is 20.8. The number of hydrogen-bond acceptors (Lipinski definition) is 5. The van der Waals surface area contributed by atoms with E-state index in [1.54, 1.807) is 0 Å². The molecule has 2 aromatic rings. The highest BCUT2D eigenvalue weighted by Crippen LogP contribution is 2.34. The molecule has 0 aliphatic carbocycles. The van der Waals surface area contributed by atoms with Crippen LogP contribution in [0.5, 0.6) is 5.88 Å². The van der Waals surface area contributed by atoms with Crippen molar-refractivity contribution in [1.82, 2.24) is 10.1 Å². The van der Waals surface area contributed by atoms with Gasteiger partial charge in [0.25, 0.3) is 11.8 Å². The van der Waals surface area contributed by atoms with Crippen molar-refractivity contribution in [3.8, 4) is 5.88 Å². The third-order valence-corrected chi connectivity index (χ3v) is 3.78. The first kappa shape index (κ1) is 15.4. The Morgan fingerprint density at radius 3 is 2.83 bits per heavy atom. The number of β-amino-alcohol motifs (C(OH)–C–C–N with tert-alkyl or cyclic N) is 1. The smallest absolute Gasteiger partial charge is 0.293 e. The van der Waals surface area contributed by atoms with Crippen molar-refractivity contribution >= 4 is 5.91 Å². The summed E-state index contributed by atoms with van der Waals surface area (Å²) in [6.07, 6.45) is -0.538. The van der Waals surface area contributed by atoms with Gasteiger partial charge in [-0.2, -0.15) is 0 Å². The van der Waals surface area contributed by atoms with Crippen LogP contribution in [0.4, 0.5) is 8.78 Å². The van der Waals surface area contributed by atoms with E-state index in [1.165, 1.54) is 24.1 Å². The average molecular weight is 324 g/mol. The minimum Gasteiger partial charge on any atom is -0.479 e.